The van der Waals surface area contributed by atoms with E-state index >= 15 is 0 Å². The van der Waals surface area contributed by atoms with Gasteiger partial charge in [0.25, 0.3) is 0 Å². The van der Waals surface area contributed by atoms with Crippen LogP contribution in [-0.2, 0) is 21.0 Å². The van der Waals surface area contributed by atoms with Crippen molar-refractivity contribution in [3.63, 3.8) is 0 Å². The monoisotopic (exact) mass is 501 g/mol. The molecule has 0 aliphatic heterocycles. The molecule has 0 bridgehead atoms. The zero-order valence-corrected chi connectivity index (χ0v) is 19.3. The summed E-state index contributed by atoms with van der Waals surface area (Å²) >= 11 is 0. The van der Waals surface area contributed by atoms with Gasteiger partial charge in [-0.25, -0.2) is 4.39 Å². The molecule has 0 aromatic heterocycles. The van der Waals surface area contributed by atoms with Crippen molar-refractivity contribution in [2.24, 2.45) is 0 Å². The van der Waals surface area contributed by atoms with Crippen molar-refractivity contribution in [1.29, 1.82) is 0 Å². The van der Waals surface area contributed by atoms with Gasteiger partial charge in [-0.1, -0.05) is 35.4 Å². The summed E-state index contributed by atoms with van der Waals surface area (Å²) in [4.78, 5) is 2.86. The molecule has 10 heteroatoms. The number of hydrogen-bond donors (Lipinski definition) is 1. The number of aryl methyl sites for hydroxylation is 2. The lowest BCUT2D eigenvalue weighted by atomic mass is 10.2. The number of hydrogen-bond acceptors (Lipinski definition) is 3. The molecule has 3 aromatic carbocycles. The molecule has 3 aromatic rings. The summed E-state index contributed by atoms with van der Waals surface area (Å²) in [6, 6.07) is 21.8. The molecular formula is C23H21F4O4S2+. The molecule has 1 N–H and O–H groups in total. The minimum atomic E-state index is -6.11. The highest BCUT2D eigenvalue weighted by atomic mass is 32.2. The van der Waals surface area contributed by atoms with E-state index in [-0.39, 0.29) is 5.75 Å². The Morgan fingerprint density at radius 3 is 1.45 bits per heavy atom. The van der Waals surface area contributed by atoms with Crippen LogP contribution in [0.3, 0.4) is 0 Å². The van der Waals surface area contributed by atoms with Crippen molar-refractivity contribution in [3.05, 3.63) is 83.9 Å². The SMILES string of the molecule is Cc1ccc([S+](c2ccc(C)cc2)c2ccc(OCC(F)(C(F)(F)F)S(=O)(=O)O)cc2)cc1. The van der Waals surface area contributed by atoms with Gasteiger partial charge in [-0.3, -0.25) is 4.55 Å². The van der Waals surface area contributed by atoms with Crippen molar-refractivity contribution >= 4 is 21.0 Å². The first-order valence-corrected chi connectivity index (χ1v) is 12.3. The Labute approximate surface area is 192 Å². The van der Waals surface area contributed by atoms with Gasteiger partial charge in [0.2, 0.25) is 0 Å². The molecule has 0 heterocycles. The van der Waals surface area contributed by atoms with E-state index in [1.54, 1.807) is 12.1 Å². The summed E-state index contributed by atoms with van der Waals surface area (Å²) in [6.45, 7) is 2.01. The van der Waals surface area contributed by atoms with Gasteiger partial charge in [-0.2, -0.15) is 21.6 Å². The lowest BCUT2D eigenvalue weighted by molar-refractivity contribution is -0.206. The standard InChI is InChI=1S/C23H20F4O4S2/c1-16-3-9-19(10-4-16)32(20-11-5-17(2)6-12-20)21-13-7-18(8-14-21)31-15-22(24,23(25,26)27)33(28,29)30/h3-14H,15H2,1-2H3/p+1. The second-order valence-corrected chi connectivity index (χ2v) is 11.0. The molecule has 1 atom stereocenters. The maximum absolute atomic E-state index is 14.1. The lowest BCUT2D eigenvalue weighted by Gasteiger charge is -2.24. The minimum Gasteiger partial charge on any atom is -0.489 e. The third-order valence-electron chi connectivity index (χ3n) is 4.83. The van der Waals surface area contributed by atoms with Gasteiger partial charge >= 0.3 is 21.3 Å². The van der Waals surface area contributed by atoms with Gasteiger partial charge < -0.3 is 4.74 Å². The summed E-state index contributed by atoms with van der Waals surface area (Å²) in [5.74, 6) is -0.176. The van der Waals surface area contributed by atoms with E-state index in [1.165, 1.54) is 12.1 Å². The smallest absolute Gasteiger partial charge is 0.443 e. The predicted octanol–water partition coefficient (Wildman–Crippen LogP) is 5.89. The zero-order chi connectivity index (χ0) is 24.4. The first-order valence-electron chi connectivity index (χ1n) is 9.65. The Balaban J connectivity index is 1.91. The average molecular weight is 502 g/mol. The van der Waals surface area contributed by atoms with Gasteiger partial charge in [-0.15, -0.1) is 0 Å². The summed E-state index contributed by atoms with van der Waals surface area (Å²) in [5.41, 5.74) is 2.18. The second kappa shape index (κ2) is 9.36. The van der Waals surface area contributed by atoms with Crippen LogP contribution in [0.2, 0.25) is 0 Å². The second-order valence-electron chi connectivity index (χ2n) is 7.39. The van der Waals surface area contributed by atoms with Gasteiger partial charge in [0, 0.05) is 0 Å². The van der Waals surface area contributed by atoms with E-state index < -0.39 is 38.8 Å². The molecular weight excluding hydrogens is 480 g/mol. The molecule has 0 spiro atoms. The average Bonchev–Trinajstić information content (AvgIpc) is 2.74. The topological polar surface area (TPSA) is 63.6 Å². The summed E-state index contributed by atoms with van der Waals surface area (Å²) in [6.07, 6.45) is -5.87. The number of rotatable bonds is 7. The highest BCUT2D eigenvalue weighted by Gasteiger charge is 2.66. The van der Waals surface area contributed by atoms with Crippen molar-refractivity contribution in [2.75, 3.05) is 6.61 Å². The molecule has 0 fully saturated rings. The van der Waals surface area contributed by atoms with Crippen molar-refractivity contribution in [3.8, 4) is 5.75 Å². The van der Waals surface area contributed by atoms with Crippen LogP contribution in [0.1, 0.15) is 11.1 Å². The van der Waals surface area contributed by atoms with E-state index in [0.717, 1.165) is 25.8 Å². The molecule has 0 saturated heterocycles. The zero-order valence-electron chi connectivity index (χ0n) is 17.6. The van der Waals surface area contributed by atoms with Crippen LogP contribution in [0, 0.1) is 13.8 Å². The van der Waals surface area contributed by atoms with Crippen LogP contribution in [0.15, 0.2) is 87.5 Å². The molecule has 0 aliphatic carbocycles. The molecule has 0 radical (unpaired) electrons. The van der Waals surface area contributed by atoms with Crippen molar-refractivity contribution in [1.82, 2.24) is 0 Å². The fourth-order valence-corrected chi connectivity index (χ4v) is 5.45. The van der Waals surface area contributed by atoms with Crippen molar-refractivity contribution in [2.45, 2.75) is 39.7 Å². The summed E-state index contributed by atoms with van der Waals surface area (Å²) < 4.78 is 88.4. The van der Waals surface area contributed by atoms with Crippen LogP contribution in [0.25, 0.3) is 0 Å². The quantitative estimate of drug-likeness (QED) is 0.249. The highest BCUT2D eigenvalue weighted by molar-refractivity contribution is 7.97. The van der Waals surface area contributed by atoms with Gasteiger partial charge in [0.15, 0.2) is 14.7 Å². The largest absolute Gasteiger partial charge is 0.489 e. The highest BCUT2D eigenvalue weighted by Crippen LogP contribution is 2.39. The van der Waals surface area contributed by atoms with Gasteiger partial charge in [0.1, 0.15) is 12.4 Å². The third-order valence-corrected chi connectivity index (χ3v) is 8.23. The molecule has 0 aliphatic rings. The predicted molar refractivity (Wildman–Crippen MR) is 118 cm³/mol. The van der Waals surface area contributed by atoms with E-state index in [0.29, 0.717) is 0 Å². The molecule has 4 nitrogen and oxygen atoms in total. The molecule has 0 saturated carbocycles. The lowest BCUT2D eigenvalue weighted by Crippen LogP contribution is -2.52. The number of ether oxygens (including phenoxy) is 1. The molecule has 0 amide bonds. The van der Waals surface area contributed by atoms with E-state index in [1.807, 2.05) is 62.4 Å². The third kappa shape index (κ3) is 5.51. The van der Waals surface area contributed by atoms with Crippen LogP contribution >= 0.6 is 0 Å². The first kappa shape index (κ1) is 25.1. The van der Waals surface area contributed by atoms with E-state index in [4.69, 9.17) is 9.29 Å². The fourth-order valence-electron chi connectivity index (χ4n) is 2.91. The number of halogens is 4. The van der Waals surface area contributed by atoms with Gasteiger partial charge in [-0.05, 0) is 62.4 Å². The number of alkyl halides is 4. The minimum absolute atomic E-state index is 0.176. The molecule has 1 unspecified atom stereocenters. The number of benzene rings is 3. The molecule has 33 heavy (non-hydrogen) atoms. The maximum Gasteiger partial charge on any atom is 0.443 e. The Morgan fingerprint density at radius 2 is 1.12 bits per heavy atom. The Bertz CT molecular complexity index is 1150. The van der Waals surface area contributed by atoms with Crippen LogP contribution < -0.4 is 4.74 Å². The maximum atomic E-state index is 14.1. The Morgan fingerprint density at radius 1 is 0.758 bits per heavy atom. The molecule has 3 rings (SSSR count). The summed E-state index contributed by atoms with van der Waals surface area (Å²) in [5, 5.41) is -4.94. The normalized spacial score (nSPS) is 14.2. The molecule has 176 valence electrons. The van der Waals surface area contributed by atoms with E-state index in [2.05, 4.69) is 0 Å². The Hall–Kier alpha value is -2.56. The van der Waals surface area contributed by atoms with Crippen molar-refractivity contribution < 1.29 is 35.3 Å². The summed E-state index contributed by atoms with van der Waals surface area (Å²) in [7, 11) is -6.64. The van der Waals surface area contributed by atoms with Crippen LogP contribution in [0.5, 0.6) is 5.75 Å². The fraction of sp³-hybridized carbons (Fsp3) is 0.217. The van der Waals surface area contributed by atoms with Gasteiger partial charge in [0.05, 0.1) is 10.9 Å². The van der Waals surface area contributed by atoms with Crippen LogP contribution in [-0.4, -0.2) is 30.8 Å². The first-order chi connectivity index (χ1) is 15.3. The van der Waals surface area contributed by atoms with E-state index in [9.17, 15) is 26.0 Å². The van der Waals surface area contributed by atoms with Crippen LogP contribution in [0.4, 0.5) is 17.6 Å². The Kier molecular flexibility index (Phi) is 7.11.